The maximum absolute atomic E-state index is 12.5. The van der Waals surface area contributed by atoms with Crippen LogP contribution in [0, 0.1) is 0 Å². The van der Waals surface area contributed by atoms with Gasteiger partial charge >= 0.3 is 6.09 Å². The zero-order chi connectivity index (χ0) is 21.7. The molecule has 8 nitrogen and oxygen atoms in total. The van der Waals surface area contributed by atoms with Gasteiger partial charge in [0.05, 0.1) is 6.04 Å². The van der Waals surface area contributed by atoms with Crippen molar-refractivity contribution in [2.24, 2.45) is 4.99 Å². The summed E-state index contributed by atoms with van der Waals surface area (Å²) in [5.74, 6) is 0.868. The van der Waals surface area contributed by atoms with Crippen LogP contribution in [0.15, 0.2) is 29.3 Å². The lowest BCUT2D eigenvalue weighted by atomic mass is 10.1. The summed E-state index contributed by atoms with van der Waals surface area (Å²) >= 11 is 0. The van der Waals surface area contributed by atoms with Crippen molar-refractivity contribution in [2.75, 3.05) is 26.7 Å². The number of carbonyl (C=O) groups is 2. The molecule has 0 aliphatic carbocycles. The summed E-state index contributed by atoms with van der Waals surface area (Å²) in [5, 5.41) is 6.55. The van der Waals surface area contributed by atoms with Gasteiger partial charge in [-0.2, -0.15) is 0 Å². The van der Waals surface area contributed by atoms with Crippen molar-refractivity contribution in [3.05, 3.63) is 35.4 Å². The number of hydrogen-bond donors (Lipinski definition) is 2. The van der Waals surface area contributed by atoms with Gasteiger partial charge in [0.15, 0.2) is 5.96 Å². The van der Waals surface area contributed by atoms with E-state index in [0.717, 1.165) is 6.42 Å². The van der Waals surface area contributed by atoms with Crippen LogP contribution in [0.4, 0.5) is 4.79 Å². The lowest BCUT2D eigenvalue weighted by molar-refractivity contribution is -0.131. The van der Waals surface area contributed by atoms with Gasteiger partial charge in [-0.1, -0.05) is 24.3 Å². The lowest BCUT2D eigenvalue weighted by Crippen LogP contribution is -2.63. The van der Waals surface area contributed by atoms with Crippen molar-refractivity contribution < 1.29 is 14.3 Å². The number of ether oxygens (including phenoxy) is 1. The van der Waals surface area contributed by atoms with Crippen molar-refractivity contribution in [2.45, 2.75) is 58.3 Å². The molecule has 2 aliphatic rings. The molecule has 0 unspecified atom stereocenters. The smallest absolute Gasteiger partial charge is 0.410 e. The predicted octanol–water partition coefficient (Wildman–Crippen LogP) is 2.71. The topological polar surface area (TPSA) is 86.3 Å². The van der Waals surface area contributed by atoms with E-state index in [1.807, 2.05) is 37.8 Å². The molecule has 2 amide bonds. The number of carbonyl (C=O) groups excluding carboxylic acids is 2. The monoisotopic (exact) mass is 543 g/mol. The number of fused-ring (bicyclic) bond motifs is 1. The predicted molar refractivity (Wildman–Crippen MR) is 131 cm³/mol. The summed E-state index contributed by atoms with van der Waals surface area (Å²) in [5.41, 5.74) is 2.01. The van der Waals surface area contributed by atoms with Gasteiger partial charge in [0.25, 0.3) is 0 Å². The second-order valence-corrected chi connectivity index (χ2v) is 8.85. The molecule has 1 aromatic carbocycles. The molecule has 0 spiro atoms. The Morgan fingerprint density at radius 1 is 1.13 bits per heavy atom. The second-order valence-electron chi connectivity index (χ2n) is 8.85. The highest BCUT2D eigenvalue weighted by Gasteiger charge is 2.34. The Labute approximate surface area is 201 Å². The maximum atomic E-state index is 12.5. The summed E-state index contributed by atoms with van der Waals surface area (Å²) in [6, 6.07) is 8.36. The SMILES string of the molecule is CN=C(NCCCC(=O)N1Cc2ccccc2C1)NC1CN(C(=O)OC(C)(C)C)C1.I. The number of hydrogen-bond acceptors (Lipinski definition) is 4. The van der Waals surface area contributed by atoms with E-state index in [0.29, 0.717) is 45.1 Å². The first kappa shape index (κ1) is 25.2. The number of aliphatic imine (C=N–C) groups is 1. The quantitative estimate of drug-likeness (QED) is 0.258. The van der Waals surface area contributed by atoms with Gasteiger partial charge in [0.1, 0.15) is 5.60 Å². The first-order valence-electron chi connectivity index (χ1n) is 10.5. The average molecular weight is 543 g/mol. The normalized spacial score (nSPS) is 16.2. The highest BCUT2D eigenvalue weighted by atomic mass is 127. The zero-order valence-corrected chi connectivity index (χ0v) is 21.1. The second kappa shape index (κ2) is 11.0. The Kier molecular flexibility index (Phi) is 8.96. The molecule has 2 heterocycles. The van der Waals surface area contributed by atoms with Gasteiger partial charge in [-0.15, -0.1) is 24.0 Å². The Balaban J connectivity index is 0.00000341. The first-order valence-corrected chi connectivity index (χ1v) is 10.5. The number of guanidine groups is 1. The number of benzene rings is 1. The van der Waals surface area contributed by atoms with Crippen LogP contribution < -0.4 is 10.6 Å². The van der Waals surface area contributed by atoms with Gasteiger partial charge < -0.3 is 25.2 Å². The molecule has 0 atom stereocenters. The van der Waals surface area contributed by atoms with Crippen LogP contribution in [-0.2, 0) is 22.6 Å². The minimum atomic E-state index is -0.484. The van der Waals surface area contributed by atoms with Gasteiger partial charge in [-0.05, 0) is 38.3 Å². The fourth-order valence-corrected chi connectivity index (χ4v) is 3.55. The number of nitrogens with one attached hydrogen (secondary N) is 2. The van der Waals surface area contributed by atoms with Crippen molar-refractivity contribution in [3.8, 4) is 0 Å². The third-order valence-electron chi connectivity index (χ3n) is 5.15. The maximum Gasteiger partial charge on any atom is 0.410 e. The van der Waals surface area contributed by atoms with Crippen LogP contribution in [-0.4, -0.2) is 66.1 Å². The number of nitrogens with zero attached hydrogens (tertiary/aromatic N) is 3. The van der Waals surface area contributed by atoms with Crippen LogP contribution in [0.1, 0.15) is 44.7 Å². The highest BCUT2D eigenvalue weighted by molar-refractivity contribution is 14.0. The molecule has 9 heteroatoms. The van der Waals surface area contributed by atoms with Crippen molar-refractivity contribution in [1.29, 1.82) is 0 Å². The molecule has 1 fully saturated rings. The largest absolute Gasteiger partial charge is 0.444 e. The van der Waals surface area contributed by atoms with E-state index in [1.54, 1.807) is 11.9 Å². The van der Waals surface area contributed by atoms with Crippen LogP contribution >= 0.6 is 24.0 Å². The Hall–Kier alpha value is -2.04. The van der Waals surface area contributed by atoms with E-state index in [2.05, 4.69) is 27.8 Å². The molecule has 2 aliphatic heterocycles. The molecule has 3 rings (SSSR count). The van der Waals surface area contributed by atoms with Gasteiger partial charge in [-0.3, -0.25) is 9.79 Å². The number of halogens is 1. The first-order chi connectivity index (χ1) is 14.2. The van der Waals surface area contributed by atoms with E-state index < -0.39 is 5.60 Å². The van der Waals surface area contributed by atoms with Crippen molar-refractivity contribution in [1.82, 2.24) is 20.4 Å². The molecule has 1 aromatic rings. The minimum absolute atomic E-state index is 0. The van der Waals surface area contributed by atoms with Gasteiger partial charge in [0.2, 0.25) is 5.91 Å². The average Bonchev–Trinajstić information content (AvgIpc) is 3.08. The number of likely N-dealkylation sites (tertiary alicyclic amines) is 1. The Morgan fingerprint density at radius 2 is 1.74 bits per heavy atom. The minimum Gasteiger partial charge on any atom is -0.444 e. The van der Waals surface area contributed by atoms with Gasteiger partial charge in [-0.25, -0.2) is 4.79 Å². The zero-order valence-electron chi connectivity index (χ0n) is 18.8. The van der Waals surface area contributed by atoms with E-state index in [1.165, 1.54) is 11.1 Å². The summed E-state index contributed by atoms with van der Waals surface area (Å²) in [6.45, 7) is 8.84. The molecule has 1 saturated heterocycles. The molecule has 31 heavy (non-hydrogen) atoms. The molecular weight excluding hydrogens is 509 g/mol. The molecule has 0 saturated carbocycles. The summed E-state index contributed by atoms with van der Waals surface area (Å²) in [4.78, 5) is 32.3. The summed E-state index contributed by atoms with van der Waals surface area (Å²) in [7, 11) is 1.71. The number of rotatable bonds is 5. The molecular formula is C22H34IN5O3. The fourth-order valence-electron chi connectivity index (χ4n) is 3.55. The van der Waals surface area contributed by atoms with Crippen LogP contribution in [0.3, 0.4) is 0 Å². The number of amides is 2. The van der Waals surface area contributed by atoms with Crippen molar-refractivity contribution in [3.63, 3.8) is 0 Å². The summed E-state index contributed by atoms with van der Waals surface area (Å²) < 4.78 is 5.36. The van der Waals surface area contributed by atoms with Crippen molar-refractivity contribution >= 4 is 41.9 Å². The van der Waals surface area contributed by atoms with E-state index >= 15 is 0 Å². The van der Waals surface area contributed by atoms with E-state index in [4.69, 9.17) is 4.74 Å². The molecule has 172 valence electrons. The van der Waals surface area contributed by atoms with Gasteiger partial charge in [0, 0.05) is 46.2 Å². The molecule has 2 N–H and O–H groups in total. The summed E-state index contributed by atoms with van der Waals surface area (Å²) in [6.07, 6.45) is 0.959. The molecule has 0 bridgehead atoms. The van der Waals surface area contributed by atoms with E-state index in [9.17, 15) is 9.59 Å². The fraction of sp³-hybridized carbons (Fsp3) is 0.591. The standard InChI is InChI=1S/C22H33N5O3.HI/c1-22(2,3)30-21(29)27-14-18(15-27)25-20(23-4)24-11-7-10-19(28)26-12-16-8-5-6-9-17(16)13-26;/h5-6,8-9,18H,7,10-15H2,1-4H3,(H2,23,24,25);1H. The lowest BCUT2D eigenvalue weighted by Gasteiger charge is -2.40. The highest BCUT2D eigenvalue weighted by Crippen LogP contribution is 2.22. The molecule has 0 aromatic heterocycles. The van der Waals surface area contributed by atoms with Crippen LogP contribution in [0.25, 0.3) is 0 Å². The third-order valence-corrected chi connectivity index (χ3v) is 5.15. The van der Waals surface area contributed by atoms with Crippen LogP contribution in [0.5, 0.6) is 0 Å². The Bertz CT molecular complexity index is 778. The van der Waals surface area contributed by atoms with E-state index in [-0.39, 0.29) is 42.0 Å². The Morgan fingerprint density at radius 3 is 2.29 bits per heavy atom. The van der Waals surface area contributed by atoms with Crippen LogP contribution in [0.2, 0.25) is 0 Å². The third kappa shape index (κ3) is 7.26. The molecule has 0 radical (unpaired) electrons.